The average molecular weight is 416 g/mol. The number of ether oxygens (including phenoxy) is 2. The molecule has 2 fully saturated rings. The van der Waals surface area contributed by atoms with Gasteiger partial charge in [-0.15, -0.1) is 0 Å². The fourth-order valence-electron chi connectivity index (χ4n) is 4.11. The Balaban J connectivity index is 1.48. The van der Waals surface area contributed by atoms with Crippen molar-refractivity contribution >= 4 is 17.9 Å². The van der Waals surface area contributed by atoms with Crippen LogP contribution in [0.2, 0.25) is 0 Å². The molecule has 1 atom stereocenters. The SMILES string of the molecule is COc1ccc(/C=C/C(=O)N2CCN(CC(=O)N3CCCCC3C)CC2)cc1OC. The van der Waals surface area contributed by atoms with Crippen LogP contribution < -0.4 is 9.47 Å². The Hall–Kier alpha value is -2.54. The lowest BCUT2D eigenvalue weighted by Crippen LogP contribution is -2.52. The molecule has 0 aliphatic carbocycles. The monoisotopic (exact) mass is 415 g/mol. The summed E-state index contributed by atoms with van der Waals surface area (Å²) in [4.78, 5) is 31.2. The molecule has 7 nitrogen and oxygen atoms in total. The summed E-state index contributed by atoms with van der Waals surface area (Å²) >= 11 is 0. The molecular formula is C23H33N3O4. The standard InChI is InChI=1S/C23H33N3O4/c1-18-6-4-5-11-26(18)23(28)17-24-12-14-25(15-13-24)22(27)10-8-19-7-9-20(29-2)21(16-19)30-3/h7-10,16,18H,4-6,11-15,17H2,1-3H3/b10-8+. The molecule has 0 bridgehead atoms. The van der Waals surface area contributed by atoms with Crippen LogP contribution in [0.25, 0.3) is 6.08 Å². The van der Waals surface area contributed by atoms with Crippen molar-refractivity contribution in [2.24, 2.45) is 0 Å². The Bertz CT molecular complexity index is 772. The second-order valence-corrected chi connectivity index (χ2v) is 7.98. The summed E-state index contributed by atoms with van der Waals surface area (Å²) in [5.74, 6) is 1.50. The lowest BCUT2D eigenvalue weighted by atomic mass is 10.0. The Kier molecular flexibility index (Phi) is 7.74. The van der Waals surface area contributed by atoms with Crippen LogP contribution in [0.1, 0.15) is 31.7 Å². The second-order valence-electron chi connectivity index (χ2n) is 7.98. The molecule has 3 rings (SSSR count). The van der Waals surface area contributed by atoms with Crippen LogP contribution in [0.5, 0.6) is 11.5 Å². The highest BCUT2D eigenvalue weighted by atomic mass is 16.5. The number of carbonyl (C=O) groups is 2. The molecule has 7 heteroatoms. The minimum atomic E-state index is -0.0135. The van der Waals surface area contributed by atoms with Crippen molar-refractivity contribution in [1.29, 1.82) is 0 Å². The van der Waals surface area contributed by atoms with Crippen molar-refractivity contribution < 1.29 is 19.1 Å². The Morgan fingerprint density at radius 1 is 1.03 bits per heavy atom. The highest BCUT2D eigenvalue weighted by Crippen LogP contribution is 2.28. The molecule has 0 saturated carbocycles. The van der Waals surface area contributed by atoms with Gasteiger partial charge < -0.3 is 19.3 Å². The molecule has 0 aromatic heterocycles. The van der Waals surface area contributed by atoms with Gasteiger partial charge in [-0.1, -0.05) is 6.07 Å². The van der Waals surface area contributed by atoms with Crippen LogP contribution in [0.3, 0.4) is 0 Å². The molecule has 30 heavy (non-hydrogen) atoms. The Labute approximate surface area is 179 Å². The van der Waals surface area contributed by atoms with Gasteiger partial charge in [-0.3, -0.25) is 14.5 Å². The first-order valence-electron chi connectivity index (χ1n) is 10.7. The van der Waals surface area contributed by atoms with Crippen LogP contribution >= 0.6 is 0 Å². The molecule has 0 N–H and O–H groups in total. The lowest BCUT2D eigenvalue weighted by Gasteiger charge is -2.37. The predicted molar refractivity (Wildman–Crippen MR) is 117 cm³/mol. The highest BCUT2D eigenvalue weighted by Gasteiger charge is 2.26. The summed E-state index contributed by atoms with van der Waals surface area (Å²) < 4.78 is 10.5. The van der Waals surface area contributed by atoms with E-state index in [4.69, 9.17) is 9.47 Å². The minimum absolute atomic E-state index is 0.0135. The normalized spacial score (nSPS) is 20.4. The number of methoxy groups -OCH3 is 2. The molecule has 2 saturated heterocycles. The summed E-state index contributed by atoms with van der Waals surface area (Å²) in [5, 5.41) is 0. The van der Waals surface area contributed by atoms with Crippen molar-refractivity contribution in [3.63, 3.8) is 0 Å². The van der Waals surface area contributed by atoms with Crippen molar-refractivity contribution in [3.05, 3.63) is 29.8 Å². The van der Waals surface area contributed by atoms with Crippen LogP contribution in [-0.2, 0) is 9.59 Å². The van der Waals surface area contributed by atoms with Gasteiger partial charge in [-0.2, -0.15) is 0 Å². The highest BCUT2D eigenvalue weighted by molar-refractivity contribution is 5.92. The van der Waals surface area contributed by atoms with Gasteiger partial charge in [0.2, 0.25) is 11.8 Å². The van der Waals surface area contributed by atoms with Crippen molar-refractivity contribution in [2.45, 2.75) is 32.2 Å². The van der Waals surface area contributed by atoms with Crippen LogP contribution in [-0.4, -0.2) is 86.0 Å². The Morgan fingerprint density at radius 2 is 1.77 bits per heavy atom. The largest absolute Gasteiger partial charge is 0.493 e. The van der Waals surface area contributed by atoms with E-state index in [1.807, 2.05) is 28.0 Å². The van der Waals surface area contributed by atoms with E-state index in [-0.39, 0.29) is 11.8 Å². The van der Waals surface area contributed by atoms with Crippen LogP contribution in [0.15, 0.2) is 24.3 Å². The summed E-state index contributed by atoms with van der Waals surface area (Å²) in [6.07, 6.45) is 6.79. The zero-order valence-corrected chi connectivity index (χ0v) is 18.3. The smallest absolute Gasteiger partial charge is 0.246 e. The van der Waals surface area contributed by atoms with Gasteiger partial charge in [0.15, 0.2) is 11.5 Å². The maximum absolute atomic E-state index is 12.6. The topological polar surface area (TPSA) is 62.3 Å². The van der Waals surface area contributed by atoms with Gasteiger partial charge in [0.25, 0.3) is 0 Å². The van der Waals surface area contributed by atoms with Gasteiger partial charge in [-0.25, -0.2) is 0 Å². The zero-order chi connectivity index (χ0) is 21.5. The number of amides is 2. The summed E-state index contributed by atoms with van der Waals surface area (Å²) in [6, 6.07) is 5.89. The van der Waals surface area contributed by atoms with E-state index in [0.29, 0.717) is 37.2 Å². The molecule has 1 aromatic rings. The van der Waals surface area contributed by atoms with E-state index in [9.17, 15) is 9.59 Å². The number of hydrogen-bond donors (Lipinski definition) is 0. The van der Waals surface area contributed by atoms with Gasteiger partial charge in [0, 0.05) is 44.8 Å². The molecule has 1 aromatic carbocycles. The molecular weight excluding hydrogens is 382 g/mol. The first-order chi connectivity index (χ1) is 14.5. The summed E-state index contributed by atoms with van der Waals surface area (Å²) in [5.41, 5.74) is 0.876. The van der Waals surface area contributed by atoms with E-state index < -0.39 is 0 Å². The van der Waals surface area contributed by atoms with Gasteiger partial charge in [-0.05, 0) is 50.0 Å². The number of rotatable bonds is 6. The molecule has 2 aliphatic rings. The molecule has 2 aliphatic heterocycles. The average Bonchev–Trinajstić information content (AvgIpc) is 2.78. The van der Waals surface area contributed by atoms with E-state index in [1.165, 1.54) is 6.42 Å². The Morgan fingerprint density at radius 3 is 2.43 bits per heavy atom. The van der Waals surface area contributed by atoms with Crippen molar-refractivity contribution in [3.8, 4) is 11.5 Å². The molecule has 0 spiro atoms. The maximum atomic E-state index is 12.6. The predicted octanol–water partition coefficient (Wildman–Crippen LogP) is 2.26. The number of carbonyl (C=O) groups excluding carboxylic acids is 2. The molecule has 164 valence electrons. The fourth-order valence-corrected chi connectivity index (χ4v) is 4.11. The quantitative estimate of drug-likeness (QED) is 0.667. The van der Waals surface area contributed by atoms with E-state index >= 15 is 0 Å². The number of nitrogens with zero attached hydrogens (tertiary/aromatic N) is 3. The van der Waals surface area contributed by atoms with Crippen molar-refractivity contribution in [2.75, 3.05) is 53.5 Å². The van der Waals surface area contributed by atoms with E-state index in [1.54, 1.807) is 26.4 Å². The van der Waals surface area contributed by atoms with Crippen LogP contribution in [0, 0.1) is 0 Å². The molecule has 1 unspecified atom stereocenters. The first-order valence-corrected chi connectivity index (χ1v) is 10.7. The molecule has 2 heterocycles. The van der Waals surface area contributed by atoms with E-state index in [0.717, 1.165) is 38.0 Å². The zero-order valence-electron chi connectivity index (χ0n) is 18.3. The van der Waals surface area contributed by atoms with E-state index in [2.05, 4.69) is 11.8 Å². The van der Waals surface area contributed by atoms with Crippen LogP contribution in [0.4, 0.5) is 0 Å². The third-order valence-corrected chi connectivity index (χ3v) is 5.99. The fraction of sp³-hybridized carbons (Fsp3) is 0.565. The number of hydrogen-bond acceptors (Lipinski definition) is 5. The molecule has 0 radical (unpaired) electrons. The molecule has 2 amide bonds. The van der Waals surface area contributed by atoms with Gasteiger partial charge in [0.05, 0.1) is 20.8 Å². The first kappa shape index (κ1) is 22.2. The van der Waals surface area contributed by atoms with Crippen molar-refractivity contribution in [1.82, 2.24) is 14.7 Å². The number of piperazine rings is 1. The number of likely N-dealkylation sites (tertiary alicyclic amines) is 1. The maximum Gasteiger partial charge on any atom is 0.246 e. The third kappa shape index (κ3) is 5.53. The second kappa shape index (κ2) is 10.5. The number of piperidine rings is 1. The summed E-state index contributed by atoms with van der Waals surface area (Å²) in [7, 11) is 3.18. The van der Waals surface area contributed by atoms with Gasteiger partial charge in [0.1, 0.15) is 0 Å². The third-order valence-electron chi connectivity index (χ3n) is 5.99. The number of benzene rings is 1. The minimum Gasteiger partial charge on any atom is -0.493 e. The van der Waals surface area contributed by atoms with Gasteiger partial charge >= 0.3 is 0 Å². The summed E-state index contributed by atoms with van der Waals surface area (Å²) in [6.45, 7) is 6.19. The lowest BCUT2D eigenvalue weighted by molar-refractivity contribution is -0.136.